The van der Waals surface area contributed by atoms with E-state index < -0.39 is 28.8 Å². The Morgan fingerprint density at radius 1 is 1.28 bits per heavy atom. The zero-order chi connectivity index (χ0) is 13.5. The Morgan fingerprint density at radius 2 is 1.89 bits per heavy atom. The number of aliphatic carboxylic acids is 1. The van der Waals surface area contributed by atoms with E-state index in [2.05, 4.69) is 4.74 Å². The van der Waals surface area contributed by atoms with Gasteiger partial charge in [0.25, 0.3) is 0 Å². The van der Waals surface area contributed by atoms with Gasteiger partial charge in [-0.1, -0.05) is 0 Å². The van der Waals surface area contributed by atoms with Crippen LogP contribution >= 0.6 is 0 Å². The summed E-state index contributed by atoms with van der Waals surface area (Å²) in [5.74, 6) is -3.91. The number of carbonyl (C=O) groups is 1. The second kappa shape index (κ2) is 4.12. The topological polar surface area (TPSA) is 55.8 Å². The van der Waals surface area contributed by atoms with Gasteiger partial charge in [0, 0.05) is 5.56 Å². The number of halogens is 2. The summed E-state index contributed by atoms with van der Waals surface area (Å²) >= 11 is 0. The first-order chi connectivity index (χ1) is 8.47. The van der Waals surface area contributed by atoms with Gasteiger partial charge in [0.15, 0.2) is 17.3 Å². The predicted octanol–water partition coefficient (Wildman–Crippen LogP) is 2.10. The molecule has 0 aliphatic heterocycles. The van der Waals surface area contributed by atoms with E-state index in [-0.39, 0.29) is 11.3 Å². The molecule has 1 aliphatic carbocycles. The van der Waals surface area contributed by atoms with E-state index in [0.29, 0.717) is 12.8 Å². The molecule has 1 saturated carbocycles. The summed E-state index contributed by atoms with van der Waals surface area (Å²) in [6.07, 6.45) is 0.633. The minimum Gasteiger partial charge on any atom is -0.494 e. The molecule has 98 valence electrons. The van der Waals surface area contributed by atoms with Crippen LogP contribution in [0.1, 0.15) is 18.4 Å². The highest BCUT2D eigenvalue weighted by Crippen LogP contribution is 2.52. The first-order valence-corrected chi connectivity index (χ1v) is 5.31. The van der Waals surface area contributed by atoms with Crippen molar-refractivity contribution >= 4 is 5.97 Å². The highest BCUT2D eigenvalue weighted by atomic mass is 19.1. The van der Waals surface area contributed by atoms with Gasteiger partial charge in [0.2, 0.25) is 5.82 Å². The molecule has 0 unspecified atom stereocenters. The fraction of sp³-hybridized carbons (Fsp3) is 0.417. The average Bonchev–Trinajstić information content (AvgIpc) is 3.11. The highest BCUT2D eigenvalue weighted by molar-refractivity contribution is 5.85. The number of carboxylic acid groups (broad SMARTS) is 1. The summed E-state index contributed by atoms with van der Waals surface area (Å²) in [4.78, 5) is 11.2. The smallest absolute Gasteiger partial charge is 0.314 e. The molecule has 1 fully saturated rings. The van der Waals surface area contributed by atoms with Gasteiger partial charge in [-0.3, -0.25) is 4.79 Å². The third-order valence-corrected chi connectivity index (χ3v) is 3.23. The van der Waals surface area contributed by atoms with Gasteiger partial charge in [-0.15, -0.1) is 0 Å². The number of hydrogen-bond donors (Lipinski definition) is 1. The van der Waals surface area contributed by atoms with E-state index in [1.807, 2.05) is 0 Å². The van der Waals surface area contributed by atoms with Crippen LogP contribution in [0, 0.1) is 11.6 Å². The monoisotopic (exact) mass is 258 g/mol. The van der Waals surface area contributed by atoms with Crippen molar-refractivity contribution < 1.29 is 28.2 Å². The van der Waals surface area contributed by atoms with Crippen molar-refractivity contribution in [1.82, 2.24) is 0 Å². The summed E-state index contributed by atoms with van der Waals surface area (Å²) in [5, 5.41) is 9.14. The van der Waals surface area contributed by atoms with Crippen molar-refractivity contribution in [2.45, 2.75) is 18.3 Å². The molecule has 1 N–H and O–H groups in total. The fourth-order valence-electron chi connectivity index (χ4n) is 1.99. The minimum atomic E-state index is -1.28. The Hall–Kier alpha value is -1.85. The molecule has 0 atom stereocenters. The summed E-state index contributed by atoms with van der Waals surface area (Å²) < 4.78 is 37.2. The second-order valence-electron chi connectivity index (χ2n) is 4.17. The SMILES string of the molecule is COc1cc(C2(C(=O)O)CC2)c(F)c(OC)c1F. The zero-order valence-corrected chi connectivity index (χ0v) is 9.92. The van der Waals surface area contributed by atoms with E-state index in [1.54, 1.807) is 0 Å². The van der Waals surface area contributed by atoms with Gasteiger partial charge < -0.3 is 14.6 Å². The first-order valence-electron chi connectivity index (χ1n) is 5.31. The highest BCUT2D eigenvalue weighted by Gasteiger charge is 2.54. The Bertz CT molecular complexity index is 509. The second-order valence-corrected chi connectivity index (χ2v) is 4.17. The molecule has 1 aromatic rings. The van der Waals surface area contributed by atoms with E-state index in [9.17, 15) is 13.6 Å². The van der Waals surface area contributed by atoms with Gasteiger partial charge in [0.1, 0.15) is 0 Å². The summed E-state index contributed by atoms with van der Waals surface area (Å²) in [6.45, 7) is 0. The molecule has 1 aromatic carbocycles. The molecule has 0 aromatic heterocycles. The number of methoxy groups -OCH3 is 2. The van der Waals surface area contributed by atoms with Crippen molar-refractivity contribution in [3.63, 3.8) is 0 Å². The van der Waals surface area contributed by atoms with E-state index in [4.69, 9.17) is 9.84 Å². The fourth-order valence-corrected chi connectivity index (χ4v) is 1.99. The van der Waals surface area contributed by atoms with Crippen LogP contribution in [0.25, 0.3) is 0 Å². The summed E-state index contributed by atoms with van der Waals surface area (Å²) in [6, 6.07) is 1.09. The number of rotatable bonds is 4. The standard InChI is InChI=1S/C12H12F2O4/c1-17-7-5-6(12(3-4-12)11(15)16)8(13)10(18-2)9(7)14/h5H,3-4H2,1-2H3,(H,15,16). The number of carboxylic acids is 1. The molecule has 2 rings (SSSR count). The molecule has 6 heteroatoms. The summed E-state index contributed by atoms with van der Waals surface area (Å²) in [5.41, 5.74) is -1.37. The molecular formula is C12H12F2O4. The average molecular weight is 258 g/mol. The van der Waals surface area contributed by atoms with Crippen LogP contribution in [0.5, 0.6) is 11.5 Å². The normalized spacial score (nSPS) is 16.2. The lowest BCUT2D eigenvalue weighted by atomic mass is 9.94. The number of ether oxygens (including phenoxy) is 2. The molecule has 0 spiro atoms. The molecule has 0 heterocycles. The number of hydrogen-bond acceptors (Lipinski definition) is 3. The van der Waals surface area contributed by atoms with E-state index in [1.165, 1.54) is 7.11 Å². The first kappa shape index (κ1) is 12.6. The molecule has 18 heavy (non-hydrogen) atoms. The van der Waals surface area contributed by atoms with Crippen molar-refractivity contribution in [3.05, 3.63) is 23.3 Å². The minimum absolute atomic E-state index is 0.0925. The van der Waals surface area contributed by atoms with E-state index >= 15 is 0 Å². The molecule has 0 amide bonds. The van der Waals surface area contributed by atoms with Gasteiger partial charge in [-0.05, 0) is 18.9 Å². The van der Waals surface area contributed by atoms with Crippen LogP contribution in [-0.2, 0) is 10.2 Å². The maximum atomic E-state index is 14.1. The van der Waals surface area contributed by atoms with Gasteiger partial charge >= 0.3 is 5.97 Å². The van der Waals surface area contributed by atoms with Crippen LogP contribution in [-0.4, -0.2) is 25.3 Å². The largest absolute Gasteiger partial charge is 0.494 e. The van der Waals surface area contributed by atoms with Crippen molar-refractivity contribution in [2.75, 3.05) is 14.2 Å². The molecule has 4 nitrogen and oxygen atoms in total. The van der Waals surface area contributed by atoms with Crippen LogP contribution in [0.15, 0.2) is 6.07 Å². The Kier molecular flexibility index (Phi) is 2.88. The van der Waals surface area contributed by atoms with Gasteiger partial charge in [0.05, 0.1) is 19.6 Å². The maximum absolute atomic E-state index is 14.1. The third kappa shape index (κ3) is 1.60. The van der Waals surface area contributed by atoms with Crippen LogP contribution < -0.4 is 9.47 Å². The molecule has 0 bridgehead atoms. The van der Waals surface area contributed by atoms with Crippen LogP contribution in [0.4, 0.5) is 8.78 Å². The Morgan fingerprint density at radius 3 is 2.28 bits per heavy atom. The zero-order valence-electron chi connectivity index (χ0n) is 9.92. The van der Waals surface area contributed by atoms with Crippen molar-refractivity contribution in [3.8, 4) is 11.5 Å². The third-order valence-electron chi connectivity index (χ3n) is 3.23. The van der Waals surface area contributed by atoms with Crippen LogP contribution in [0.2, 0.25) is 0 Å². The van der Waals surface area contributed by atoms with Crippen molar-refractivity contribution in [2.24, 2.45) is 0 Å². The Labute approximate surface area is 102 Å². The lowest BCUT2D eigenvalue weighted by Crippen LogP contribution is -2.21. The molecule has 0 radical (unpaired) electrons. The van der Waals surface area contributed by atoms with Gasteiger partial charge in [-0.2, -0.15) is 4.39 Å². The molecular weight excluding hydrogens is 246 g/mol. The predicted molar refractivity (Wildman–Crippen MR) is 58.0 cm³/mol. The molecule has 1 aliphatic rings. The van der Waals surface area contributed by atoms with Gasteiger partial charge in [-0.25, -0.2) is 4.39 Å². The Balaban J connectivity index is 2.65. The van der Waals surface area contributed by atoms with E-state index in [0.717, 1.165) is 13.2 Å². The van der Waals surface area contributed by atoms with Crippen LogP contribution in [0.3, 0.4) is 0 Å². The summed E-state index contributed by atoms with van der Waals surface area (Å²) in [7, 11) is 2.34. The molecule has 0 saturated heterocycles. The quantitative estimate of drug-likeness (QED) is 0.898. The van der Waals surface area contributed by atoms with Crippen molar-refractivity contribution in [1.29, 1.82) is 0 Å². The number of benzene rings is 1. The maximum Gasteiger partial charge on any atom is 0.314 e. The lowest BCUT2D eigenvalue weighted by Gasteiger charge is -2.16. The lowest BCUT2D eigenvalue weighted by molar-refractivity contribution is -0.140.